The first-order chi connectivity index (χ1) is 7.70. The molecule has 2 aliphatic rings. The van der Waals surface area contributed by atoms with E-state index in [1.54, 1.807) is 0 Å². The van der Waals surface area contributed by atoms with Gasteiger partial charge in [-0.2, -0.15) is 5.26 Å². The Morgan fingerprint density at radius 2 is 1.88 bits per heavy atom. The summed E-state index contributed by atoms with van der Waals surface area (Å²) in [5.74, 6) is 1.23. The molecule has 1 aliphatic carbocycles. The summed E-state index contributed by atoms with van der Waals surface area (Å²) in [5.41, 5.74) is -0.122. The Morgan fingerprint density at radius 1 is 1.19 bits per heavy atom. The minimum atomic E-state index is -0.122. The maximum atomic E-state index is 9.73. The van der Waals surface area contributed by atoms with Gasteiger partial charge in [0.2, 0.25) is 0 Å². The van der Waals surface area contributed by atoms with Crippen LogP contribution in [0.3, 0.4) is 0 Å². The lowest BCUT2D eigenvalue weighted by molar-refractivity contribution is 0.0404. The van der Waals surface area contributed by atoms with E-state index in [4.69, 9.17) is 0 Å². The van der Waals surface area contributed by atoms with Gasteiger partial charge in [0.25, 0.3) is 0 Å². The average molecular weight is 220 g/mol. The third-order valence-corrected chi connectivity index (χ3v) is 4.61. The van der Waals surface area contributed by atoms with Crippen LogP contribution in [0.2, 0.25) is 0 Å². The Morgan fingerprint density at radius 3 is 2.44 bits per heavy atom. The number of likely N-dealkylation sites (tertiary alicyclic amines) is 1. The number of hydrogen-bond donors (Lipinski definition) is 0. The Bertz CT molecular complexity index is 273. The predicted octanol–water partition coefficient (Wildman–Crippen LogP) is 3.19. The van der Waals surface area contributed by atoms with Crippen LogP contribution in [0.25, 0.3) is 0 Å². The van der Waals surface area contributed by atoms with Crippen molar-refractivity contribution in [3.63, 3.8) is 0 Å². The molecule has 1 saturated carbocycles. The Kier molecular flexibility index (Phi) is 3.54. The maximum Gasteiger partial charge on any atom is 0.112 e. The van der Waals surface area contributed by atoms with E-state index in [9.17, 15) is 5.26 Å². The normalized spacial score (nSPS) is 36.5. The molecule has 0 bridgehead atoms. The molecule has 2 fully saturated rings. The summed E-state index contributed by atoms with van der Waals surface area (Å²) in [6.07, 6.45) is 7.49. The van der Waals surface area contributed by atoms with Crippen LogP contribution in [0, 0.1) is 23.2 Å². The van der Waals surface area contributed by atoms with E-state index in [1.807, 2.05) is 0 Å². The SMILES string of the molecule is CC(C)C1CCCCC1(C#N)N1CCCC1. The van der Waals surface area contributed by atoms with Gasteiger partial charge in [-0.25, -0.2) is 0 Å². The van der Waals surface area contributed by atoms with Crippen molar-refractivity contribution in [1.82, 2.24) is 4.90 Å². The summed E-state index contributed by atoms with van der Waals surface area (Å²) in [5, 5.41) is 9.73. The molecule has 1 saturated heterocycles. The minimum absolute atomic E-state index is 0.122. The monoisotopic (exact) mass is 220 g/mol. The van der Waals surface area contributed by atoms with Crippen molar-refractivity contribution in [3.8, 4) is 6.07 Å². The van der Waals surface area contributed by atoms with Crippen LogP contribution in [0.1, 0.15) is 52.4 Å². The van der Waals surface area contributed by atoms with Crippen molar-refractivity contribution in [2.45, 2.75) is 57.9 Å². The molecule has 2 atom stereocenters. The van der Waals surface area contributed by atoms with Gasteiger partial charge in [0, 0.05) is 0 Å². The molecule has 0 aromatic carbocycles. The first kappa shape index (κ1) is 11.9. The Hall–Kier alpha value is -0.550. The highest BCUT2D eigenvalue weighted by atomic mass is 15.2. The van der Waals surface area contributed by atoms with Gasteiger partial charge in [-0.3, -0.25) is 4.90 Å². The van der Waals surface area contributed by atoms with Crippen LogP contribution in [0.4, 0.5) is 0 Å². The second kappa shape index (κ2) is 4.75. The summed E-state index contributed by atoms with van der Waals surface area (Å²) in [6, 6.07) is 2.72. The number of rotatable bonds is 2. The van der Waals surface area contributed by atoms with Crippen molar-refractivity contribution in [1.29, 1.82) is 5.26 Å². The van der Waals surface area contributed by atoms with Crippen LogP contribution < -0.4 is 0 Å². The summed E-state index contributed by atoms with van der Waals surface area (Å²) < 4.78 is 0. The van der Waals surface area contributed by atoms with Crippen molar-refractivity contribution in [2.24, 2.45) is 11.8 Å². The summed E-state index contributed by atoms with van der Waals surface area (Å²) in [6.45, 7) is 6.88. The quantitative estimate of drug-likeness (QED) is 0.714. The molecular formula is C14H24N2. The predicted molar refractivity (Wildman–Crippen MR) is 65.9 cm³/mol. The van der Waals surface area contributed by atoms with Crippen molar-refractivity contribution in [3.05, 3.63) is 0 Å². The zero-order valence-corrected chi connectivity index (χ0v) is 10.7. The first-order valence-corrected chi connectivity index (χ1v) is 6.87. The Labute approximate surface area is 99.6 Å². The van der Waals surface area contributed by atoms with Gasteiger partial charge >= 0.3 is 0 Å². The fourth-order valence-electron chi connectivity index (χ4n) is 3.79. The zero-order chi connectivity index (χ0) is 11.6. The maximum absolute atomic E-state index is 9.73. The van der Waals surface area contributed by atoms with Gasteiger partial charge < -0.3 is 0 Å². The second-order valence-corrected chi connectivity index (χ2v) is 5.83. The van der Waals surface area contributed by atoms with Gasteiger partial charge in [0.05, 0.1) is 6.07 Å². The summed E-state index contributed by atoms with van der Waals surface area (Å²) in [4.78, 5) is 2.50. The standard InChI is InChI=1S/C14H24N2/c1-12(2)13-7-3-4-8-14(13,11-15)16-9-5-6-10-16/h12-13H,3-10H2,1-2H3. The molecule has 1 aliphatic heterocycles. The molecule has 0 spiro atoms. The molecule has 0 aromatic heterocycles. The van der Waals surface area contributed by atoms with E-state index in [-0.39, 0.29) is 5.54 Å². The van der Waals surface area contributed by atoms with Crippen LogP contribution in [0.15, 0.2) is 0 Å². The number of nitriles is 1. The lowest BCUT2D eigenvalue weighted by Crippen LogP contribution is -2.54. The molecule has 0 N–H and O–H groups in total. The fourth-order valence-corrected chi connectivity index (χ4v) is 3.79. The van der Waals surface area contributed by atoms with Gasteiger partial charge in [-0.05, 0) is 50.6 Å². The van der Waals surface area contributed by atoms with E-state index in [1.165, 1.54) is 32.1 Å². The lowest BCUT2D eigenvalue weighted by atomic mass is 9.68. The van der Waals surface area contributed by atoms with Crippen molar-refractivity contribution >= 4 is 0 Å². The van der Waals surface area contributed by atoms with E-state index in [0.717, 1.165) is 19.5 Å². The molecule has 90 valence electrons. The smallest absolute Gasteiger partial charge is 0.112 e. The average Bonchev–Trinajstić information content (AvgIpc) is 2.82. The number of hydrogen-bond acceptors (Lipinski definition) is 2. The van der Waals surface area contributed by atoms with Crippen LogP contribution in [0.5, 0.6) is 0 Å². The second-order valence-electron chi connectivity index (χ2n) is 5.83. The fraction of sp³-hybridized carbons (Fsp3) is 0.929. The largest absolute Gasteiger partial charge is 0.285 e. The molecule has 16 heavy (non-hydrogen) atoms. The van der Waals surface area contributed by atoms with Crippen LogP contribution in [-0.2, 0) is 0 Å². The highest BCUT2D eigenvalue weighted by Crippen LogP contribution is 2.43. The highest BCUT2D eigenvalue weighted by Gasteiger charge is 2.47. The highest BCUT2D eigenvalue weighted by molar-refractivity contribution is 5.15. The number of nitrogens with zero attached hydrogens (tertiary/aromatic N) is 2. The van der Waals surface area contributed by atoms with E-state index >= 15 is 0 Å². The molecule has 2 unspecified atom stereocenters. The zero-order valence-electron chi connectivity index (χ0n) is 10.7. The van der Waals surface area contributed by atoms with Gasteiger partial charge in [0.1, 0.15) is 5.54 Å². The van der Waals surface area contributed by atoms with Crippen molar-refractivity contribution < 1.29 is 0 Å². The molecule has 0 amide bonds. The van der Waals surface area contributed by atoms with E-state index in [0.29, 0.717) is 11.8 Å². The minimum Gasteiger partial charge on any atom is -0.285 e. The first-order valence-electron chi connectivity index (χ1n) is 6.87. The van der Waals surface area contributed by atoms with Crippen LogP contribution >= 0.6 is 0 Å². The molecule has 0 aromatic rings. The molecule has 0 radical (unpaired) electrons. The summed E-state index contributed by atoms with van der Waals surface area (Å²) in [7, 11) is 0. The lowest BCUT2D eigenvalue weighted by Gasteiger charge is -2.47. The molecule has 2 rings (SSSR count). The molecule has 1 heterocycles. The van der Waals surface area contributed by atoms with Gasteiger partial charge in [-0.15, -0.1) is 0 Å². The van der Waals surface area contributed by atoms with E-state index < -0.39 is 0 Å². The van der Waals surface area contributed by atoms with E-state index in [2.05, 4.69) is 24.8 Å². The molecule has 2 heteroatoms. The van der Waals surface area contributed by atoms with Gasteiger partial charge in [0.15, 0.2) is 0 Å². The third-order valence-electron chi connectivity index (χ3n) is 4.61. The topological polar surface area (TPSA) is 27.0 Å². The van der Waals surface area contributed by atoms with Crippen molar-refractivity contribution in [2.75, 3.05) is 13.1 Å². The molecule has 2 nitrogen and oxygen atoms in total. The summed E-state index contributed by atoms with van der Waals surface area (Å²) >= 11 is 0. The van der Waals surface area contributed by atoms with Gasteiger partial charge in [-0.1, -0.05) is 26.7 Å². The van der Waals surface area contributed by atoms with Crippen LogP contribution in [-0.4, -0.2) is 23.5 Å². The third kappa shape index (κ3) is 1.86. The Balaban J connectivity index is 2.24. The molecular weight excluding hydrogens is 196 g/mol.